The van der Waals surface area contributed by atoms with E-state index in [1.165, 1.54) is 0 Å². The summed E-state index contributed by atoms with van der Waals surface area (Å²) >= 11 is 0. The Bertz CT molecular complexity index is 1060. The van der Waals surface area contributed by atoms with Gasteiger partial charge < -0.3 is 10.6 Å². The van der Waals surface area contributed by atoms with E-state index in [4.69, 9.17) is 0 Å². The van der Waals surface area contributed by atoms with Crippen molar-refractivity contribution in [2.45, 2.75) is 23.9 Å². The number of amides is 2. The largest absolute Gasteiger partial charge is 0.342 e. The molecule has 2 N–H and O–H groups in total. The number of benzene rings is 4. The van der Waals surface area contributed by atoms with Gasteiger partial charge in [0.15, 0.2) is 0 Å². The first-order valence-electron chi connectivity index (χ1n) is 11.5. The zero-order chi connectivity index (χ0) is 23.3. The number of piperazine rings is 1. The molecule has 0 saturated carbocycles. The summed E-state index contributed by atoms with van der Waals surface area (Å²) in [6, 6.07) is 38.0. The summed E-state index contributed by atoms with van der Waals surface area (Å²) in [4.78, 5) is 27.2. The standard InChI is InChI=1S/C30H26N2O2/c33-29-27(25(21-13-5-1-6-14-21)22-15-7-2-8-16-22)31-30(34)28(32-29)26(23-17-9-3-10-18-23)24-19-11-4-12-20-24/h1-20,25-28H,(H,31,34)(H,32,33). The predicted molar refractivity (Wildman–Crippen MR) is 133 cm³/mol. The predicted octanol–water partition coefficient (Wildman–Crippen LogP) is 4.63. The Labute approximate surface area is 199 Å². The minimum absolute atomic E-state index is 0.181. The fourth-order valence-corrected chi connectivity index (χ4v) is 4.88. The van der Waals surface area contributed by atoms with Gasteiger partial charge in [-0.25, -0.2) is 0 Å². The van der Waals surface area contributed by atoms with Crippen LogP contribution in [0, 0.1) is 0 Å². The number of nitrogens with one attached hydrogen (secondary N) is 2. The van der Waals surface area contributed by atoms with Crippen LogP contribution in [0.5, 0.6) is 0 Å². The van der Waals surface area contributed by atoms with Crippen molar-refractivity contribution in [3.63, 3.8) is 0 Å². The maximum atomic E-state index is 13.6. The van der Waals surface area contributed by atoms with Gasteiger partial charge in [-0.1, -0.05) is 121 Å². The van der Waals surface area contributed by atoms with Gasteiger partial charge in [-0.15, -0.1) is 0 Å². The Morgan fingerprint density at radius 3 is 0.882 bits per heavy atom. The number of carbonyl (C=O) groups excluding carboxylic acids is 2. The molecule has 2 atom stereocenters. The number of hydrogen-bond donors (Lipinski definition) is 2. The quantitative estimate of drug-likeness (QED) is 0.454. The third-order valence-corrected chi connectivity index (χ3v) is 6.46. The van der Waals surface area contributed by atoms with Crippen molar-refractivity contribution < 1.29 is 9.59 Å². The molecule has 34 heavy (non-hydrogen) atoms. The average Bonchev–Trinajstić information content (AvgIpc) is 2.90. The van der Waals surface area contributed by atoms with E-state index in [0.717, 1.165) is 22.3 Å². The molecule has 2 amide bonds. The second kappa shape index (κ2) is 9.75. The summed E-state index contributed by atoms with van der Waals surface area (Å²) in [6.45, 7) is 0. The molecule has 168 valence electrons. The summed E-state index contributed by atoms with van der Waals surface area (Å²) in [6.07, 6.45) is 0. The van der Waals surface area contributed by atoms with Crippen LogP contribution in [0.1, 0.15) is 34.1 Å². The van der Waals surface area contributed by atoms with Gasteiger partial charge in [0.1, 0.15) is 12.1 Å². The third-order valence-electron chi connectivity index (χ3n) is 6.46. The van der Waals surface area contributed by atoms with E-state index in [1.807, 2.05) is 121 Å². The molecule has 1 saturated heterocycles. The first kappa shape index (κ1) is 21.7. The van der Waals surface area contributed by atoms with E-state index in [-0.39, 0.29) is 23.7 Å². The lowest BCUT2D eigenvalue weighted by Gasteiger charge is -2.38. The minimum Gasteiger partial charge on any atom is -0.342 e. The van der Waals surface area contributed by atoms with Gasteiger partial charge in [0.2, 0.25) is 11.8 Å². The molecular weight excluding hydrogens is 420 g/mol. The van der Waals surface area contributed by atoms with Crippen molar-refractivity contribution in [2.75, 3.05) is 0 Å². The summed E-state index contributed by atoms with van der Waals surface area (Å²) in [5.74, 6) is -0.947. The minimum atomic E-state index is -0.708. The first-order valence-corrected chi connectivity index (χ1v) is 11.5. The van der Waals surface area contributed by atoms with Crippen LogP contribution in [-0.2, 0) is 9.59 Å². The molecule has 4 aromatic carbocycles. The number of carbonyl (C=O) groups is 2. The van der Waals surface area contributed by atoms with Crippen LogP contribution in [0.25, 0.3) is 0 Å². The van der Waals surface area contributed by atoms with Crippen molar-refractivity contribution >= 4 is 11.8 Å². The van der Waals surface area contributed by atoms with Gasteiger partial charge in [-0.2, -0.15) is 0 Å². The smallest absolute Gasteiger partial charge is 0.244 e. The lowest BCUT2D eigenvalue weighted by molar-refractivity contribution is -0.137. The van der Waals surface area contributed by atoms with Crippen LogP contribution in [-0.4, -0.2) is 23.9 Å². The highest BCUT2D eigenvalue weighted by Crippen LogP contribution is 2.33. The summed E-state index contributed by atoms with van der Waals surface area (Å²) in [5.41, 5.74) is 3.93. The Balaban J connectivity index is 1.50. The van der Waals surface area contributed by atoms with Crippen LogP contribution in [0.4, 0.5) is 0 Å². The highest BCUT2D eigenvalue weighted by molar-refractivity contribution is 5.98. The molecular formula is C30H26N2O2. The van der Waals surface area contributed by atoms with Crippen LogP contribution >= 0.6 is 0 Å². The lowest BCUT2D eigenvalue weighted by Crippen LogP contribution is -2.64. The fraction of sp³-hybridized carbons (Fsp3) is 0.133. The molecule has 0 radical (unpaired) electrons. The fourth-order valence-electron chi connectivity index (χ4n) is 4.88. The Hall–Kier alpha value is -4.18. The summed E-state index contributed by atoms with van der Waals surface area (Å²) in [5, 5.41) is 6.16. The van der Waals surface area contributed by atoms with E-state index in [1.54, 1.807) is 0 Å². The molecule has 0 aromatic heterocycles. The van der Waals surface area contributed by atoms with Crippen molar-refractivity contribution in [1.82, 2.24) is 10.6 Å². The van der Waals surface area contributed by atoms with E-state index in [0.29, 0.717) is 0 Å². The lowest BCUT2D eigenvalue weighted by atomic mass is 9.80. The Morgan fingerprint density at radius 2 is 0.647 bits per heavy atom. The molecule has 1 fully saturated rings. The molecule has 4 heteroatoms. The van der Waals surface area contributed by atoms with Crippen molar-refractivity contribution in [2.24, 2.45) is 0 Å². The Kier molecular flexibility index (Phi) is 6.21. The molecule has 1 aliphatic rings. The van der Waals surface area contributed by atoms with Crippen LogP contribution in [0.3, 0.4) is 0 Å². The molecule has 0 bridgehead atoms. The van der Waals surface area contributed by atoms with Gasteiger partial charge in [-0.3, -0.25) is 9.59 Å². The molecule has 4 aromatic rings. The van der Waals surface area contributed by atoms with E-state index in [2.05, 4.69) is 10.6 Å². The third kappa shape index (κ3) is 4.35. The van der Waals surface area contributed by atoms with Crippen LogP contribution in [0.15, 0.2) is 121 Å². The van der Waals surface area contributed by atoms with Gasteiger partial charge >= 0.3 is 0 Å². The maximum absolute atomic E-state index is 13.6. The normalized spacial score (nSPS) is 17.9. The van der Waals surface area contributed by atoms with Crippen LogP contribution < -0.4 is 10.6 Å². The molecule has 5 rings (SSSR count). The topological polar surface area (TPSA) is 58.2 Å². The number of hydrogen-bond acceptors (Lipinski definition) is 2. The summed E-state index contributed by atoms with van der Waals surface area (Å²) in [7, 11) is 0. The highest BCUT2D eigenvalue weighted by atomic mass is 16.2. The van der Waals surface area contributed by atoms with Crippen molar-refractivity contribution in [1.29, 1.82) is 0 Å². The van der Waals surface area contributed by atoms with Gasteiger partial charge in [0.25, 0.3) is 0 Å². The SMILES string of the molecule is O=C1NC(C(c2ccccc2)c2ccccc2)C(=O)NC1C(c1ccccc1)c1ccccc1. The zero-order valence-electron chi connectivity index (χ0n) is 18.7. The molecule has 1 heterocycles. The second-order valence-corrected chi connectivity index (χ2v) is 8.57. The first-order chi connectivity index (χ1) is 16.7. The highest BCUT2D eigenvalue weighted by Gasteiger charge is 2.43. The monoisotopic (exact) mass is 446 g/mol. The molecule has 0 aliphatic carbocycles. The van der Waals surface area contributed by atoms with Gasteiger partial charge in [0, 0.05) is 11.8 Å². The summed E-state index contributed by atoms with van der Waals surface area (Å²) < 4.78 is 0. The van der Waals surface area contributed by atoms with E-state index in [9.17, 15) is 9.59 Å². The molecule has 1 aliphatic heterocycles. The number of rotatable bonds is 6. The van der Waals surface area contributed by atoms with Crippen molar-refractivity contribution in [3.05, 3.63) is 144 Å². The Morgan fingerprint density at radius 1 is 0.412 bits per heavy atom. The van der Waals surface area contributed by atoms with E-state index < -0.39 is 12.1 Å². The van der Waals surface area contributed by atoms with Gasteiger partial charge in [-0.05, 0) is 22.3 Å². The van der Waals surface area contributed by atoms with Crippen molar-refractivity contribution in [3.8, 4) is 0 Å². The van der Waals surface area contributed by atoms with Crippen LogP contribution in [0.2, 0.25) is 0 Å². The maximum Gasteiger partial charge on any atom is 0.244 e. The van der Waals surface area contributed by atoms with E-state index >= 15 is 0 Å². The average molecular weight is 447 g/mol. The molecule has 0 spiro atoms. The molecule has 4 nitrogen and oxygen atoms in total. The molecule has 2 unspecified atom stereocenters. The second-order valence-electron chi connectivity index (χ2n) is 8.57. The zero-order valence-corrected chi connectivity index (χ0v) is 18.7. The van der Waals surface area contributed by atoms with Gasteiger partial charge in [0.05, 0.1) is 0 Å².